The van der Waals surface area contributed by atoms with Crippen LogP contribution in [0.15, 0.2) is 71.2 Å². The average molecular weight is 335 g/mol. The lowest BCUT2D eigenvalue weighted by Crippen LogP contribution is -2.25. The molecule has 3 N–H and O–H groups in total. The van der Waals surface area contributed by atoms with Crippen LogP contribution in [0.25, 0.3) is 5.70 Å². The van der Waals surface area contributed by atoms with Crippen LogP contribution in [0, 0.1) is 0 Å². The average Bonchev–Trinajstić information content (AvgIpc) is 3.06. The number of nitrogens with one attached hydrogen (secondary N) is 1. The van der Waals surface area contributed by atoms with Gasteiger partial charge in [0.2, 0.25) is 5.16 Å². The number of hydrogen-bond acceptors (Lipinski definition) is 5. The van der Waals surface area contributed by atoms with Gasteiger partial charge in [0.25, 0.3) is 0 Å². The highest BCUT2D eigenvalue weighted by molar-refractivity contribution is 8.02. The van der Waals surface area contributed by atoms with Crippen LogP contribution in [-0.4, -0.2) is 14.9 Å². The third-order valence-electron chi connectivity index (χ3n) is 3.89. The lowest BCUT2D eigenvalue weighted by molar-refractivity contribution is 0.627. The predicted octanol–water partition coefficient (Wildman–Crippen LogP) is 3.17. The molecular formula is C18H17N5S. The van der Waals surface area contributed by atoms with Crippen LogP contribution in [0.3, 0.4) is 0 Å². The second-order valence-corrected chi connectivity index (χ2v) is 6.44. The second kappa shape index (κ2) is 6.51. The lowest BCUT2D eigenvalue weighted by Gasteiger charge is -2.21. The van der Waals surface area contributed by atoms with Crippen molar-refractivity contribution in [1.82, 2.24) is 14.9 Å². The molecule has 24 heavy (non-hydrogen) atoms. The molecular weight excluding hydrogens is 318 g/mol. The first-order valence-electron chi connectivity index (χ1n) is 7.75. The molecule has 0 saturated heterocycles. The summed E-state index contributed by atoms with van der Waals surface area (Å²) in [7, 11) is 0. The molecule has 5 nitrogen and oxygen atoms in total. The van der Waals surface area contributed by atoms with Gasteiger partial charge in [0.05, 0.1) is 11.7 Å². The van der Waals surface area contributed by atoms with E-state index in [0.29, 0.717) is 0 Å². The summed E-state index contributed by atoms with van der Waals surface area (Å²) in [6.45, 7) is 0. The smallest absolute Gasteiger partial charge is 0.214 e. The van der Waals surface area contributed by atoms with Crippen LogP contribution in [0.1, 0.15) is 23.0 Å². The topological polar surface area (TPSA) is 68.8 Å². The Morgan fingerprint density at radius 3 is 2.46 bits per heavy atom. The molecule has 1 atom stereocenters. The summed E-state index contributed by atoms with van der Waals surface area (Å²) in [5, 5.41) is 11.4. The van der Waals surface area contributed by atoms with Gasteiger partial charge in [-0.25, -0.2) is 4.68 Å². The number of aromatic nitrogens is 3. The first-order valence-corrected chi connectivity index (χ1v) is 8.63. The van der Waals surface area contributed by atoms with Gasteiger partial charge in [-0.1, -0.05) is 72.4 Å². The number of fused-ring (bicyclic) bond motifs is 1. The van der Waals surface area contributed by atoms with Crippen molar-refractivity contribution in [2.75, 3.05) is 5.43 Å². The highest BCUT2D eigenvalue weighted by atomic mass is 32.2. The molecule has 0 spiro atoms. The van der Waals surface area contributed by atoms with E-state index in [9.17, 15) is 0 Å². The quantitative estimate of drug-likeness (QED) is 0.766. The first kappa shape index (κ1) is 15.0. The third kappa shape index (κ3) is 2.93. The molecule has 0 aliphatic carbocycles. The Labute approximate surface area is 144 Å². The molecule has 0 saturated carbocycles. The summed E-state index contributed by atoms with van der Waals surface area (Å²) < 4.78 is 1.89. The normalized spacial score (nSPS) is 14.5. The molecule has 3 aromatic rings. The van der Waals surface area contributed by atoms with Crippen molar-refractivity contribution in [2.24, 2.45) is 5.73 Å². The highest BCUT2D eigenvalue weighted by Crippen LogP contribution is 2.29. The number of rotatable bonds is 4. The van der Waals surface area contributed by atoms with Gasteiger partial charge >= 0.3 is 0 Å². The number of hydrogen-bond donors (Lipinski definition) is 2. The van der Waals surface area contributed by atoms with Crippen molar-refractivity contribution >= 4 is 17.5 Å². The monoisotopic (exact) mass is 335 g/mol. The van der Waals surface area contributed by atoms with E-state index in [1.807, 2.05) is 46.5 Å². The van der Waals surface area contributed by atoms with Crippen LogP contribution >= 0.6 is 11.8 Å². The summed E-state index contributed by atoms with van der Waals surface area (Å²) in [6, 6.07) is 20.1. The maximum atomic E-state index is 6.39. The minimum Gasteiger partial charge on any atom is -0.321 e. The number of nitrogens with two attached hydrogens (primary N) is 1. The fraction of sp³-hybridized carbons (Fsp3) is 0.111. The molecule has 120 valence electrons. The van der Waals surface area contributed by atoms with E-state index in [2.05, 4.69) is 39.9 Å². The van der Waals surface area contributed by atoms with Crippen LogP contribution in [0.2, 0.25) is 0 Å². The molecule has 0 radical (unpaired) electrons. The molecule has 6 heteroatoms. The van der Waals surface area contributed by atoms with E-state index < -0.39 is 0 Å². The fourth-order valence-electron chi connectivity index (χ4n) is 2.67. The number of nitrogens with zero attached hydrogens (tertiary/aromatic N) is 3. The standard InChI is InChI=1S/C18H17N5S/c19-15(11-13-7-3-1-4-8-13)17-20-21-18-23(17)22-16(12-24-18)14-9-5-2-6-10-14/h1-10,12,15,22H,11,19H2/t15-/m0/s1. The maximum absolute atomic E-state index is 6.39. The molecule has 0 bridgehead atoms. The van der Waals surface area contributed by atoms with Gasteiger partial charge < -0.3 is 5.73 Å². The Balaban J connectivity index is 1.58. The Morgan fingerprint density at radius 2 is 1.71 bits per heavy atom. The Hall–Kier alpha value is -2.57. The largest absolute Gasteiger partial charge is 0.321 e. The van der Waals surface area contributed by atoms with Crippen molar-refractivity contribution in [3.05, 3.63) is 83.0 Å². The molecule has 1 aliphatic rings. The van der Waals surface area contributed by atoms with Crippen molar-refractivity contribution < 1.29 is 0 Å². The maximum Gasteiger partial charge on any atom is 0.214 e. The SMILES string of the molecule is N[C@@H](Cc1ccccc1)c1nnc2n1NC(c1ccccc1)=CS2. The fourth-order valence-corrected chi connectivity index (χ4v) is 3.42. The van der Waals surface area contributed by atoms with E-state index in [0.717, 1.165) is 28.7 Å². The highest BCUT2D eigenvalue weighted by Gasteiger charge is 2.22. The summed E-state index contributed by atoms with van der Waals surface area (Å²) in [5.74, 6) is 0.739. The molecule has 0 amide bonds. The zero-order valence-electron chi connectivity index (χ0n) is 13.0. The number of thioether (sulfide) groups is 1. The van der Waals surface area contributed by atoms with Crippen LogP contribution < -0.4 is 11.2 Å². The summed E-state index contributed by atoms with van der Waals surface area (Å²) in [6.07, 6.45) is 0.718. The van der Waals surface area contributed by atoms with Crippen molar-refractivity contribution in [2.45, 2.75) is 17.6 Å². The van der Waals surface area contributed by atoms with E-state index in [4.69, 9.17) is 5.73 Å². The summed E-state index contributed by atoms with van der Waals surface area (Å²) in [4.78, 5) is 0. The van der Waals surface area contributed by atoms with Gasteiger partial charge in [0.1, 0.15) is 0 Å². The van der Waals surface area contributed by atoms with E-state index in [-0.39, 0.29) is 6.04 Å². The molecule has 2 heterocycles. The van der Waals surface area contributed by atoms with Crippen LogP contribution in [-0.2, 0) is 6.42 Å². The van der Waals surface area contributed by atoms with Gasteiger partial charge in [-0.3, -0.25) is 5.43 Å². The molecule has 0 unspecified atom stereocenters. The van der Waals surface area contributed by atoms with Crippen molar-refractivity contribution in [3.8, 4) is 0 Å². The lowest BCUT2D eigenvalue weighted by atomic mass is 10.1. The minimum atomic E-state index is -0.225. The van der Waals surface area contributed by atoms with E-state index in [1.54, 1.807) is 11.8 Å². The van der Waals surface area contributed by atoms with E-state index >= 15 is 0 Å². The Morgan fingerprint density at radius 1 is 1.00 bits per heavy atom. The summed E-state index contributed by atoms with van der Waals surface area (Å²) >= 11 is 1.55. The third-order valence-corrected chi connectivity index (χ3v) is 4.72. The Bertz CT molecular complexity index is 858. The van der Waals surface area contributed by atoms with Crippen LogP contribution in [0.5, 0.6) is 0 Å². The Kier molecular flexibility index (Phi) is 4.06. The second-order valence-electron chi connectivity index (χ2n) is 5.60. The van der Waals surface area contributed by atoms with Crippen molar-refractivity contribution in [3.63, 3.8) is 0 Å². The predicted molar refractivity (Wildman–Crippen MR) is 96.7 cm³/mol. The zero-order chi connectivity index (χ0) is 16.4. The van der Waals surface area contributed by atoms with Gasteiger partial charge in [-0.15, -0.1) is 10.2 Å². The van der Waals surface area contributed by atoms with Crippen LogP contribution in [0.4, 0.5) is 0 Å². The first-order chi connectivity index (χ1) is 11.8. The van der Waals surface area contributed by atoms with Gasteiger partial charge in [0.15, 0.2) is 5.82 Å². The van der Waals surface area contributed by atoms with E-state index in [1.165, 1.54) is 5.56 Å². The molecule has 0 fully saturated rings. The van der Waals surface area contributed by atoms with Gasteiger partial charge in [0, 0.05) is 5.41 Å². The number of benzene rings is 2. The minimum absolute atomic E-state index is 0.225. The molecule has 4 rings (SSSR count). The zero-order valence-corrected chi connectivity index (χ0v) is 13.8. The molecule has 1 aliphatic heterocycles. The van der Waals surface area contributed by atoms with Gasteiger partial charge in [-0.05, 0) is 17.5 Å². The molecule has 1 aromatic heterocycles. The van der Waals surface area contributed by atoms with Gasteiger partial charge in [-0.2, -0.15) is 0 Å². The summed E-state index contributed by atoms with van der Waals surface area (Å²) in [5.41, 5.74) is 13.1. The molecule has 2 aromatic carbocycles. The van der Waals surface area contributed by atoms with Crippen molar-refractivity contribution in [1.29, 1.82) is 0 Å².